The molecule has 0 amide bonds. The summed E-state index contributed by atoms with van der Waals surface area (Å²) < 4.78 is 25.4. The number of thioether (sulfide) groups is 1. The summed E-state index contributed by atoms with van der Waals surface area (Å²) in [6, 6.07) is 0. The van der Waals surface area contributed by atoms with Gasteiger partial charge in [-0.2, -0.15) is 4.39 Å². The maximum absolute atomic E-state index is 13.0. The number of unbranched alkanes of at least 4 members (excludes halogenated alkanes) is 3. The molecule has 0 spiro atoms. The smallest absolute Gasteiger partial charge is 0.287 e. The third kappa shape index (κ3) is 4.46. The first-order valence-electron chi connectivity index (χ1n) is 5.66. The largest absolute Gasteiger partial charge is 0.299 e. The molecule has 0 aliphatic carbocycles. The Morgan fingerprint density at radius 3 is 2.76 bits per heavy atom. The summed E-state index contributed by atoms with van der Waals surface area (Å²) in [6.07, 6.45) is 4.45. The molecule has 1 N–H and O–H groups in total. The summed E-state index contributed by atoms with van der Waals surface area (Å²) in [6.45, 7) is 1.07. The fraction of sp³-hybridized carbons (Fsp3) is 0.636. The molecule has 1 heterocycles. The van der Waals surface area contributed by atoms with Crippen LogP contribution in [0, 0.1) is 5.82 Å². The van der Waals surface area contributed by atoms with Gasteiger partial charge in [0.1, 0.15) is 12.4 Å². The molecule has 0 fully saturated rings. The highest BCUT2D eigenvalue weighted by Gasteiger charge is 2.10. The van der Waals surface area contributed by atoms with E-state index in [-0.39, 0.29) is 0 Å². The van der Waals surface area contributed by atoms with Crippen LogP contribution in [0.1, 0.15) is 38.3 Å². The Labute approximate surface area is 103 Å². The Morgan fingerprint density at radius 2 is 2.12 bits per heavy atom. The molecule has 0 aromatic carbocycles. The van der Waals surface area contributed by atoms with Crippen LogP contribution in [0.15, 0.2) is 9.95 Å². The molecule has 0 aliphatic rings. The highest BCUT2D eigenvalue weighted by molar-refractivity contribution is 7.99. The molecular weight excluding hydrogens is 246 g/mol. The predicted molar refractivity (Wildman–Crippen MR) is 64.5 cm³/mol. The Morgan fingerprint density at radius 1 is 1.35 bits per heavy atom. The molecule has 0 saturated heterocycles. The van der Waals surface area contributed by atoms with E-state index in [2.05, 4.69) is 16.9 Å². The highest BCUT2D eigenvalue weighted by Crippen LogP contribution is 2.15. The maximum Gasteiger partial charge on any atom is 0.287 e. The van der Waals surface area contributed by atoms with Crippen molar-refractivity contribution in [2.45, 2.75) is 44.4 Å². The fourth-order valence-electron chi connectivity index (χ4n) is 1.34. The first kappa shape index (κ1) is 14.2. The topological polar surface area (TPSA) is 45.8 Å². The van der Waals surface area contributed by atoms with Crippen molar-refractivity contribution in [3.05, 3.63) is 21.9 Å². The average molecular weight is 262 g/mol. The van der Waals surface area contributed by atoms with E-state index in [4.69, 9.17) is 0 Å². The minimum atomic E-state index is -1.12. The van der Waals surface area contributed by atoms with Gasteiger partial charge in [-0.15, -0.1) is 0 Å². The molecule has 0 saturated carbocycles. The minimum absolute atomic E-state index is 0.292. The van der Waals surface area contributed by atoms with Gasteiger partial charge in [0.15, 0.2) is 5.16 Å². The summed E-state index contributed by atoms with van der Waals surface area (Å²) in [7, 11) is 0. The SMILES string of the molecule is CCCCCCSc1nc(CF)c(F)c(=O)[nH]1. The molecule has 6 heteroatoms. The molecule has 1 aromatic heterocycles. The van der Waals surface area contributed by atoms with Gasteiger partial charge in [0.05, 0.1) is 0 Å². The first-order chi connectivity index (χ1) is 8.19. The van der Waals surface area contributed by atoms with Crippen molar-refractivity contribution in [2.75, 3.05) is 5.75 Å². The van der Waals surface area contributed by atoms with Crippen molar-refractivity contribution < 1.29 is 8.78 Å². The number of aromatic amines is 1. The highest BCUT2D eigenvalue weighted by atomic mass is 32.2. The van der Waals surface area contributed by atoms with E-state index in [1.807, 2.05) is 0 Å². The summed E-state index contributed by atoms with van der Waals surface area (Å²) in [5, 5.41) is 0.292. The number of rotatable bonds is 7. The van der Waals surface area contributed by atoms with E-state index in [0.29, 0.717) is 5.16 Å². The zero-order valence-electron chi connectivity index (χ0n) is 9.76. The third-order valence-electron chi connectivity index (χ3n) is 2.27. The standard InChI is InChI=1S/C11H16F2N2OS/c1-2-3-4-5-6-17-11-14-8(7-12)9(13)10(16)15-11/h2-7H2,1H3,(H,14,15,16). The Kier molecular flexibility index (Phi) is 6.18. The summed E-state index contributed by atoms with van der Waals surface area (Å²) in [4.78, 5) is 17.1. The maximum atomic E-state index is 13.0. The van der Waals surface area contributed by atoms with Crippen LogP contribution in [-0.2, 0) is 6.67 Å². The second kappa shape index (κ2) is 7.42. The molecule has 3 nitrogen and oxygen atoms in total. The number of nitrogens with one attached hydrogen (secondary N) is 1. The van der Waals surface area contributed by atoms with Crippen molar-refractivity contribution in [3.63, 3.8) is 0 Å². The van der Waals surface area contributed by atoms with E-state index in [1.165, 1.54) is 18.2 Å². The van der Waals surface area contributed by atoms with Crippen molar-refractivity contribution in [3.8, 4) is 0 Å². The van der Waals surface area contributed by atoms with Crippen LogP contribution in [0.2, 0.25) is 0 Å². The molecule has 17 heavy (non-hydrogen) atoms. The second-order valence-corrected chi connectivity index (χ2v) is 4.76. The number of hydrogen-bond acceptors (Lipinski definition) is 3. The second-order valence-electron chi connectivity index (χ2n) is 3.67. The Hall–Kier alpha value is -0.910. The van der Waals surface area contributed by atoms with E-state index in [9.17, 15) is 13.6 Å². The van der Waals surface area contributed by atoms with E-state index < -0.39 is 23.7 Å². The lowest BCUT2D eigenvalue weighted by molar-refractivity contribution is 0.442. The van der Waals surface area contributed by atoms with Crippen LogP contribution in [0.25, 0.3) is 0 Å². The Bertz CT molecular complexity index is 409. The van der Waals surface area contributed by atoms with Gasteiger partial charge >= 0.3 is 0 Å². The monoisotopic (exact) mass is 262 g/mol. The van der Waals surface area contributed by atoms with E-state index in [1.54, 1.807) is 0 Å². The molecule has 1 aromatic rings. The van der Waals surface area contributed by atoms with Gasteiger partial charge in [-0.25, -0.2) is 9.37 Å². The zero-order valence-corrected chi connectivity index (χ0v) is 10.6. The molecule has 96 valence electrons. The van der Waals surface area contributed by atoms with Crippen LogP contribution in [-0.4, -0.2) is 15.7 Å². The number of H-pyrrole nitrogens is 1. The van der Waals surface area contributed by atoms with Crippen LogP contribution in [0.5, 0.6) is 0 Å². The van der Waals surface area contributed by atoms with Gasteiger partial charge in [0.25, 0.3) is 5.56 Å². The Balaban J connectivity index is 2.54. The van der Waals surface area contributed by atoms with Crippen molar-refractivity contribution in [2.24, 2.45) is 0 Å². The molecule has 0 bridgehead atoms. The molecule has 1 rings (SSSR count). The number of hydrogen-bond donors (Lipinski definition) is 1. The van der Waals surface area contributed by atoms with Gasteiger partial charge in [0, 0.05) is 5.75 Å². The van der Waals surface area contributed by atoms with Gasteiger partial charge in [0.2, 0.25) is 5.82 Å². The number of aromatic nitrogens is 2. The quantitative estimate of drug-likeness (QED) is 0.466. The van der Waals surface area contributed by atoms with Gasteiger partial charge in [-0.05, 0) is 6.42 Å². The van der Waals surface area contributed by atoms with Crippen LogP contribution in [0.4, 0.5) is 8.78 Å². The first-order valence-corrected chi connectivity index (χ1v) is 6.65. The lowest BCUT2D eigenvalue weighted by Crippen LogP contribution is -2.16. The van der Waals surface area contributed by atoms with E-state index >= 15 is 0 Å². The fourth-order valence-corrected chi connectivity index (χ4v) is 2.22. The number of halogens is 2. The van der Waals surface area contributed by atoms with Crippen LogP contribution < -0.4 is 5.56 Å². The average Bonchev–Trinajstić information content (AvgIpc) is 2.33. The summed E-state index contributed by atoms with van der Waals surface area (Å²) in [5.41, 5.74) is -1.31. The van der Waals surface area contributed by atoms with Crippen molar-refractivity contribution in [1.29, 1.82) is 0 Å². The summed E-state index contributed by atoms with van der Waals surface area (Å²) >= 11 is 1.32. The van der Waals surface area contributed by atoms with Crippen LogP contribution >= 0.6 is 11.8 Å². The predicted octanol–water partition coefficient (Wildman–Crippen LogP) is 3.05. The third-order valence-corrected chi connectivity index (χ3v) is 3.23. The normalized spacial score (nSPS) is 10.8. The van der Waals surface area contributed by atoms with Crippen LogP contribution in [0.3, 0.4) is 0 Å². The van der Waals surface area contributed by atoms with Crippen molar-refractivity contribution >= 4 is 11.8 Å². The van der Waals surface area contributed by atoms with Gasteiger partial charge in [-0.1, -0.05) is 37.9 Å². The molecule has 0 unspecified atom stereocenters. The molecule has 0 aliphatic heterocycles. The minimum Gasteiger partial charge on any atom is -0.299 e. The van der Waals surface area contributed by atoms with E-state index in [0.717, 1.165) is 25.0 Å². The lowest BCUT2D eigenvalue weighted by Gasteiger charge is -2.02. The number of alkyl halides is 1. The van der Waals surface area contributed by atoms with Crippen molar-refractivity contribution in [1.82, 2.24) is 9.97 Å². The molecule has 0 atom stereocenters. The molecular formula is C11H16F2N2OS. The molecule has 0 radical (unpaired) electrons. The number of nitrogens with zero attached hydrogens (tertiary/aromatic N) is 1. The van der Waals surface area contributed by atoms with Gasteiger partial charge in [-0.3, -0.25) is 9.78 Å². The van der Waals surface area contributed by atoms with Gasteiger partial charge < -0.3 is 0 Å². The zero-order chi connectivity index (χ0) is 12.7. The summed E-state index contributed by atoms with van der Waals surface area (Å²) in [5.74, 6) is -0.330. The lowest BCUT2D eigenvalue weighted by atomic mass is 10.2.